The van der Waals surface area contributed by atoms with Crippen molar-refractivity contribution in [1.82, 2.24) is 5.32 Å². The summed E-state index contributed by atoms with van der Waals surface area (Å²) in [7, 11) is 0. The summed E-state index contributed by atoms with van der Waals surface area (Å²) in [6.45, 7) is 3.46. The molecule has 100 valence electrons. The molecule has 2 heterocycles. The van der Waals surface area contributed by atoms with Crippen molar-refractivity contribution >= 4 is 0 Å². The van der Waals surface area contributed by atoms with E-state index in [-0.39, 0.29) is 0 Å². The van der Waals surface area contributed by atoms with E-state index in [1.54, 1.807) is 0 Å². The number of nitrogens with one attached hydrogen (secondary N) is 1. The average Bonchev–Trinajstić information content (AvgIpc) is 2.35. The minimum atomic E-state index is 0.512. The minimum Gasteiger partial charge on any atom is -0.378 e. The van der Waals surface area contributed by atoms with Gasteiger partial charge in [-0.25, -0.2) is 0 Å². The third kappa shape index (κ3) is 1.61. The lowest BCUT2D eigenvalue weighted by Crippen LogP contribution is -2.59. The van der Waals surface area contributed by atoms with E-state index in [2.05, 4.69) is 17.5 Å². The molecule has 0 aromatic carbocycles. The fourth-order valence-electron chi connectivity index (χ4n) is 4.76. The Bertz CT molecular complexity index is 354. The van der Waals surface area contributed by atoms with E-state index in [1.807, 2.05) is 0 Å². The first-order valence-electron chi connectivity index (χ1n) is 7.81. The number of allylic oxidation sites excluding steroid dienone is 1. The Balaban J connectivity index is 1.54. The molecule has 4 aliphatic rings. The maximum absolute atomic E-state index is 6.20. The predicted octanol–water partition coefficient (Wildman–Crippen LogP) is 2.89. The molecule has 1 saturated carbocycles. The molecule has 2 spiro atoms. The standard InChI is InChI=1S/C16H25NO/c1-2-5-16(6-3-7-16)13(4-1)14-10-15(8-9-18-14)11-17-12-15/h1,4,13-14,17H,2-3,5-12H2. The molecule has 2 heteroatoms. The third-order valence-corrected chi connectivity index (χ3v) is 6.21. The van der Waals surface area contributed by atoms with E-state index >= 15 is 0 Å². The van der Waals surface area contributed by atoms with Gasteiger partial charge in [-0.2, -0.15) is 0 Å². The molecule has 3 fully saturated rings. The van der Waals surface area contributed by atoms with Gasteiger partial charge in [0.25, 0.3) is 0 Å². The Morgan fingerprint density at radius 3 is 2.67 bits per heavy atom. The van der Waals surface area contributed by atoms with Gasteiger partial charge in [-0.3, -0.25) is 0 Å². The molecule has 0 radical (unpaired) electrons. The Hall–Kier alpha value is -0.340. The maximum atomic E-state index is 6.20. The number of ether oxygens (including phenoxy) is 1. The van der Waals surface area contributed by atoms with Gasteiger partial charge in [0, 0.05) is 25.6 Å². The molecular weight excluding hydrogens is 222 g/mol. The van der Waals surface area contributed by atoms with Crippen LogP contribution in [0.25, 0.3) is 0 Å². The van der Waals surface area contributed by atoms with Gasteiger partial charge >= 0.3 is 0 Å². The predicted molar refractivity (Wildman–Crippen MR) is 72.4 cm³/mol. The summed E-state index contributed by atoms with van der Waals surface area (Å²) in [4.78, 5) is 0. The first-order chi connectivity index (χ1) is 8.82. The van der Waals surface area contributed by atoms with E-state index in [4.69, 9.17) is 4.74 Å². The molecule has 0 aromatic rings. The van der Waals surface area contributed by atoms with E-state index in [0.717, 1.165) is 12.5 Å². The maximum Gasteiger partial charge on any atom is 0.0649 e. The van der Waals surface area contributed by atoms with E-state index in [9.17, 15) is 0 Å². The van der Waals surface area contributed by atoms with Crippen molar-refractivity contribution in [2.45, 2.75) is 51.0 Å². The van der Waals surface area contributed by atoms with Crippen LogP contribution >= 0.6 is 0 Å². The quantitative estimate of drug-likeness (QED) is 0.719. The van der Waals surface area contributed by atoms with E-state index in [0.29, 0.717) is 16.9 Å². The van der Waals surface area contributed by atoms with Crippen molar-refractivity contribution in [2.75, 3.05) is 19.7 Å². The first kappa shape index (κ1) is 11.5. The molecule has 0 aromatic heterocycles. The SMILES string of the molecule is C1=CC(C2CC3(CCO2)CNC3)C2(CC1)CCC2. The molecule has 0 bridgehead atoms. The van der Waals surface area contributed by atoms with Crippen LogP contribution in [0.1, 0.15) is 44.9 Å². The third-order valence-electron chi connectivity index (χ3n) is 6.21. The zero-order valence-electron chi connectivity index (χ0n) is 11.3. The van der Waals surface area contributed by atoms with Crippen molar-refractivity contribution in [3.63, 3.8) is 0 Å². The van der Waals surface area contributed by atoms with Crippen LogP contribution in [-0.2, 0) is 4.74 Å². The molecule has 2 atom stereocenters. The Morgan fingerprint density at radius 2 is 2.00 bits per heavy atom. The molecule has 2 unspecified atom stereocenters. The van der Waals surface area contributed by atoms with Crippen molar-refractivity contribution < 1.29 is 4.74 Å². The fraction of sp³-hybridized carbons (Fsp3) is 0.875. The lowest BCUT2D eigenvalue weighted by atomic mass is 9.54. The van der Waals surface area contributed by atoms with Crippen LogP contribution in [-0.4, -0.2) is 25.8 Å². The zero-order chi connectivity index (χ0) is 12.1. The van der Waals surface area contributed by atoms with Gasteiger partial charge in [-0.15, -0.1) is 0 Å². The smallest absolute Gasteiger partial charge is 0.0649 e. The van der Waals surface area contributed by atoms with Gasteiger partial charge in [-0.05, 0) is 49.4 Å². The van der Waals surface area contributed by atoms with Crippen LogP contribution in [0.2, 0.25) is 0 Å². The highest BCUT2D eigenvalue weighted by molar-refractivity contribution is 5.12. The fourth-order valence-corrected chi connectivity index (χ4v) is 4.76. The first-order valence-corrected chi connectivity index (χ1v) is 7.81. The molecule has 18 heavy (non-hydrogen) atoms. The molecule has 2 aliphatic carbocycles. The second kappa shape index (κ2) is 4.08. The van der Waals surface area contributed by atoms with Gasteiger partial charge in [0.15, 0.2) is 0 Å². The van der Waals surface area contributed by atoms with Crippen molar-refractivity contribution in [3.05, 3.63) is 12.2 Å². The summed E-state index contributed by atoms with van der Waals surface area (Å²) in [5.74, 6) is 0.720. The highest BCUT2D eigenvalue weighted by Crippen LogP contribution is 2.56. The summed E-state index contributed by atoms with van der Waals surface area (Å²) in [6.07, 6.45) is 15.1. The Labute approximate surface area is 110 Å². The van der Waals surface area contributed by atoms with Crippen molar-refractivity contribution in [3.8, 4) is 0 Å². The lowest BCUT2D eigenvalue weighted by molar-refractivity contribution is -0.123. The van der Waals surface area contributed by atoms with Crippen LogP contribution in [0.5, 0.6) is 0 Å². The van der Waals surface area contributed by atoms with Crippen molar-refractivity contribution in [1.29, 1.82) is 0 Å². The zero-order valence-corrected chi connectivity index (χ0v) is 11.3. The monoisotopic (exact) mass is 247 g/mol. The highest BCUT2D eigenvalue weighted by Gasteiger charge is 2.51. The van der Waals surface area contributed by atoms with Gasteiger partial charge in [0.1, 0.15) is 0 Å². The van der Waals surface area contributed by atoms with Crippen LogP contribution < -0.4 is 5.32 Å². The van der Waals surface area contributed by atoms with Crippen LogP contribution in [0.3, 0.4) is 0 Å². The molecule has 2 aliphatic heterocycles. The van der Waals surface area contributed by atoms with Gasteiger partial charge in [0.2, 0.25) is 0 Å². The molecule has 2 nitrogen and oxygen atoms in total. The van der Waals surface area contributed by atoms with E-state index in [1.165, 1.54) is 58.0 Å². The van der Waals surface area contributed by atoms with Gasteiger partial charge < -0.3 is 10.1 Å². The second-order valence-electron chi connectivity index (χ2n) is 7.18. The highest BCUT2D eigenvalue weighted by atomic mass is 16.5. The summed E-state index contributed by atoms with van der Waals surface area (Å²) in [5, 5.41) is 3.47. The Morgan fingerprint density at radius 1 is 1.11 bits per heavy atom. The molecule has 0 amide bonds. The summed E-state index contributed by atoms with van der Waals surface area (Å²) in [6, 6.07) is 0. The van der Waals surface area contributed by atoms with Gasteiger partial charge in [0.05, 0.1) is 6.10 Å². The Kier molecular flexibility index (Phi) is 2.60. The number of hydrogen-bond acceptors (Lipinski definition) is 2. The molecular formula is C16H25NO. The van der Waals surface area contributed by atoms with Crippen LogP contribution in [0, 0.1) is 16.7 Å². The topological polar surface area (TPSA) is 21.3 Å². The largest absolute Gasteiger partial charge is 0.378 e. The van der Waals surface area contributed by atoms with Crippen molar-refractivity contribution in [2.24, 2.45) is 16.7 Å². The number of hydrogen-bond donors (Lipinski definition) is 1. The van der Waals surface area contributed by atoms with Crippen LogP contribution in [0.15, 0.2) is 12.2 Å². The molecule has 4 rings (SSSR count). The van der Waals surface area contributed by atoms with Gasteiger partial charge in [-0.1, -0.05) is 18.6 Å². The molecule has 2 saturated heterocycles. The normalized spacial score (nSPS) is 40.4. The average molecular weight is 247 g/mol. The minimum absolute atomic E-state index is 0.512. The molecule has 1 N–H and O–H groups in total. The number of rotatable bonds is 1. The second-order valence-corrected chi connectivity index (χ2v) is 7.18. The summed E-state index contributed by atoms with van der Waals surface area (Å²) in [5.41, 5.74) is 1.23. The lowest BCUT2D eigenvalue weighted by Gasteiger charge is -2.55. The van der Waals surface area contributed by atoms with Crippen LogP contribution in [0.4, 0.5) is 0 Å². The van der Waals surface area contributed by atoms with E-state index < -0.39 is 0 Å². The summed E-state index contributed by atoms with van der Waals surface area (Å²) < 4.78 is 6.20. The summed E-state index contributed by atoms with van der Waals surface area (Å²) >= 11 is 0.